The standard InChI is InChI=1S/C9H19NO/c1-2-9(4-5-9)8-10-6-3-7-11/h10-11H,2-8H2,1H3. The maximum absolute atomic E-state index is 8.53. The Morgan fingerprint density at radius 1 is 1.45 bits per heavy atom. The first-order chi connectivity index (χ1) is 5.33. The van der Waals surface area contributed by atoms with Gasteiger partial charge in [-0.05, 0) is 37.6 Å². The normalized spacial score (nSPS) is 20.2. The van der Waals surface area contributed by atoms with E-state index in [1.807, 2.05) is 0 Å². The Labute approximate surface area is 69.0 Å². The van der Waals surface area contributed by atoms with Crippen LogP contribution in [0.25, 0.3) is 0 Å². The number of aliphatic hydroxyl groups excluding tert-OH is 1. The molecule has 1 rings (SSSR count). The van der Waals surface area contributed by atoms with Crippen molar-refractivity contribution in [2.75, 3.05) is 19.7 Å². The van der Waals surface area contributed by atoms with Crippen molar-refractivity contribution in [3.8, 4) is 0 Å². The number of rotatable bonds is 6. The van der Waals surface area contributed by atoms with Crippen LogP contribution in [0.2, 0.25) is 0 Å². The molecule has 0 amide bonds. The first kappa shape index (κ1) is 9.01. The van der Waals surface area contributed by atoms with Crippen molar-refractivity contribution in [2.24, 2.45) is 5.41 Å². The fourth-order valence-corrected chi connectivity index (χ4v) is 1.39. The van der Waals surface area contributed by atoms with E-state index in [0.29, 0.717) is 12.0 Å². The third-order valence-electron chi connectivity index (χ3n) is 2.72. The van der Waals surface area contributed by atoms with E-state index < -0.39 is 0 Å². The van der Waals surface area contributed by atoms with E-state index >= 15 is 0 Å². The Hall–Kier alpha value is -0.0800. The third-order valence-corrected chi connectivity index (χ3v) is 2.72. The van der Waals surface area contributed by atoms with Crippen LogP contribution in [0.15, 0.2) is 0 Å². The van der Waals surface area contributed by atoms with Crippen LogP contribution < -0.4 is 5.32 Å². The van der Waals surface area contributed by atoms with Gasteiger partial charge < -0.3 is 10.4 Å². The monoisotopic (exact) mass is 157 g/mol. The summed E-state index contributed by atoms with van der Waals surface area (Å²) in [5.41, 5.74) is 0.648. The predicted molar refractivity (Wildman–Crippen MR) is 46.5 cm³/mol. The second-order valence-electron chi connectivity index (χ2n) is 3.61. The summed E-state index contributed by atoms with van der Waals surface area (Å²) in [6, 6.07) is 0. The number of nitrogens with one attached hydrogen (secondary N) is 1. The second-order valence-corrected chi connectivity index (χ2v) is 3.61. The average Bonchev–Trinajstić information content (AvgIpc) is 2.80. The van der Waals surface area contributed by atoms with E-state index in [4.69, 9.17) is 5.11 Å². The Morgan fingerprint density at radius 3 is 2.64 bits per heavy atom. The van der Waals surface area contributed by atoms with E-state index in [2.05, 4.69) is 12.2 Å². The number of hydrogen-bond donors (Lipinski definition) is 2. The van der Waals surface area contributed by atoms with E-state index in [9.17, 15) is 0 Å². The van der Waals surface area contributed by atoms with Crippen molar-refractivity contribution >= 4 is 0 Å². The van der Waals surface area contributed by atoms with Gasteiger partial charge in [-0.25, -0.2) is 0 Å². The third kappa shape index (κ3) is 2.80. The van der Waals surface area contributed by atoms with Gasteiger partial charge in [0.05, 0.1) is 0 Å². The number of aliphatic hydroxyl groups is 1. The molecule has 0 unspecified atom stereocenters. The van der Waals surface area contributed by atoms with Crippen LogP contribution in [-0.2, 0) is 0 Å². The molecule has 1 fully saturated rings. The van der Waals surface area contributed by atoms with E-state index in [-0.39, 0.29) is 0 Å². The lowest BCUT2D eigenvalue weighted by Gasteiger charge is -2.12. The van der Waals surface area contributed by atoms with Crippen molar-refractivity contribution in [1.82, 2.24) is 5.32 Å². The molecule has 1 aliphatic rings. The molecule has 0 radical (unpaired) electrons. The molecular formula is C9H19NO. The lowest BCUT2D eigenvalue weighted by Crippen LogP contribution is -2.24. The molecule has 0 spiro atoms. The molecular weight excluding hydrogens is 138 g/mol. The van der Waals surface area contributed by atoms with Crippen LogP contribution in [0.1, 0.15) is 32.6 Å². The van der Waals surface area contributed by atoms with E-state index in [0.717, 1.165) is 19.5 Å². The lowest BCUT2D eigenvalue weighted by molar-refractivity contribution is 0.283. The SMILES string of the molecule is CCC1(CNCCCO)CC1. The molecule has 0 aromatic rings. The molecule has 0 heterocycles. The lowest BCUT2D eigenvalue weighted by atomic mass is 10.0. The van der Waals surface area contributed by atoms with Gasteiger partial charge in [0.15, 0.2) is 0 Å². The van der Waals surface area contributed by atoms with Crippen LogP contribution in [0, 0.1) is 5.41 Å². The van der Waals surface area contributed by atoms with Gasteiger partial charge in [0.1, 0.15) is 0 Å². The van der Waals surface area contributed by atoms with Gasteiger partial charge >= 0.3 is 0 Å². The summed E-state index contributed by atoms with van der Waals surface area (Å²) in [7, 11) is 0. The molecule has 1 aliphatic carbocycles. The van der Waals surface area contributed by atoms with Crippen LogP contribution in [0.4, 0.5) is 0 Å². The molecule has 1 saturated carbocycles. The molecule has 2 nitrogen and oxygen atoms in total. The summed E-state index contributed by atoms with van der Waals surface area (Å²) in [6.45, 7) is 4.70. The van der Waals surface area contributed by atoms with Crippen LogP contribution >= 0.6 is 0 Å². The minimum absolute atomic E-state index is 0.312. The van der Waals surface area contributed by atoms with Crippen LogP contribution in [0.5, 0.6) is 0 Å². The minimum atomic E-state index is 0.312. The zero-order chi connectivity index (χ0) is 8.16. The summed E-state index contributed by atoms with van der Waals surface area (Å²) < 4.78 is 0. The highest BCUT2D eigenvalue weighted by atomic mass is 16.3. The summed E-state index contributed by atoms with van der Waals surface area (Å²) in [6.07, 6.45) is 4.99. The summed E-state index contributed by atoms with van der Waals surface area (Å²) >= 11 is 0. The van der Waals surface area contributed by atoms with Crippen molar-refractivity contribution in [2.45, 2.75) is 32.6 Å². The quantitative estimate of drug-likeness (QED) is 0.567. The second kappa shape index (κ2) is 4.07. The molecule has 0 saturated heterocycles. The summed E-state index contributed by atoms with van der Waals surface area (Å²) in [4.78, 5) is 0. The first-order valence-corrected chi connectivity index (χ1v) is 4.64. The maximum atomic E-state index is 8.53. The van der Waals surface area contributed by atoms with Crippen molar-refractivity contribution < 1.29 is 5.11 Å². The van der Waals surface area contributed by atoms with Gasteiger partial charge in [-0.15, -0.1) is 0 Å². The summed E-state index contributed by atoms with van der Waals surface area (Å²) in [5, 5.41) is 11.9. The van der Waals surface area contributed by atoms with Crippen LogP contribution in [-0.4, -0.2) is 24.8 Å². The zero-order valence-corrected chi connectivity index (χ0v) is 7.40. The predicted octanol–water partition coefficient (Wildman–Crippen LogP) is 1.15. The summed E-state index contributed by atoms with van der Waals surface area (Å²) in [5.74, 6) is 0. The molecule has 11 heavy (non-hydrogen) atoms. The first-order valence-electron chi connectivity index (χ1n) is 4.64. The van der Waals surface area contributed by atoms with Crippen LogP contribution in [0.3, 0.4) is 0 Å². The van der Waals surface area contributed by atoms with Gasteiger partial charge in [0.25, 0.3) is 0 Å². The molecule has 2 heteroatoms. The maximum Gasteiger partial charge on any atom is 0.0443 e. The van der Waals surface area contributed by atoms with Gasteiger partial charge in [0.2, 0.25) is 0 Å². The molecule has 0 aliphatic heterocycles. The van der Waals surface area contributed by atoms with Gasteiger partial charge in [-0.3, -0.25) is 0 Å². The fraction of sp³-hybridized carbons (Fsp3) is 1.00. The largest absolute Gasteiger partial charge is 0.396 e. The van der Waals surface area contributed by atoms with Crippen molar-refractivity contribution in [3.05, 3.63) is 0 Å². The van der Waals surface area contributed by atoms with Gasteiger partial charge in [-0.2, -0.15) is 0 Å². The average molecular weight is 157 g/mol. The van der Waals surface area contributed by atoms with Gasteiger partial charge in [0, 0.05) is 13.2 Å². The molecule has 0 aromatic carbocycles. The Balaban J connectivity index is 1.94. The number of hydrogen-bond acceptors (Lipinski definition) is 2. The smallest absolute Gasteiger partial charge is 0.0443 e. The molecule has 0 aromatic heterocycles. The highest BCUT2D eigenvalue weighted by Crippen LogP contribution is 2.47. The van der Waals surface area contributed by atoms with Crippen molar-refractivity contribution in [3.63, 3.8) is 0 Å². The highest BCUT2D eigenvalue weighted by molar-refractivity contribution is 4.93. The highest BCUT2D eigenvalue weighted by Gasteiger charge is 2.39. The molecule has 66 valence electrons. The Morgan fingerprint density at radius 2 is 2.18 bits per heavy atom. The molecule has 0 atom stereocenters. The Bertz CT molecular complexity index is 110. The van der Waals surface area contributed by atoms with Gasteiger partial charge in [-0.1, -0.05) is 6.92 Å². The molecule has 2 N–H and O–H groups in total. The topological polar surface area (TPSA) is 32.3 Å². The molecule has 0 bridgehead atoms. The van der Waals surface area contributed by atoms with Crippen molar-refractivity contribution in [1.29, 1.82) is 0 Å². The zero-order valence-electron chi connectivity index (χ0n) is 7.40. The minimum Gasteiger partial charge on any atom is -0.396 e. The fourth-order valence-electron chi connectivity index (χ4n) is 1.39. The Kier molecular flexibility index (Phi) is 3.34. The van der Waals surface area contributed by atoms with E-state index in [1.165, 1.54) is 19.3 Å². The van der Waals surface area contributed by atoms with E-state index in [1.54, 1.807) is 0 Å².